The van der Waals surface area contributed by atoms with Gasteiger partial charge in [0.05, 0.1) is 12.6 Å². The molecule has 20 heavy (non-hydrogen) atoms. The van der Waals surface area contributed by atoms with Gasteiger partial charge in [-0.3, -0.25) is 0 Å². The van der Waals surface area contributed by atoms with E-state index in [2.05, 4.69) is 55.2 Å². The Morgan fingerprint density at radius 3 is 2.25 bits per heavy atom. The number of rotatable bonds is 6. The smallest absolute Gasteiger partial charge is 0.138 e. The summed E-state index contributed by atoms with van der Waals surface area (Å²) in [7, 11) is 0. The summed E-state index contributed by atoms with van der Waals surface area (Å²) in [6.45, 7) is 13.4. The van der Waals surface area contributed by atoms with Crippen LogP contribution in [-0.4, -0.2) is 34.3 Å². The largest absolute Gasteiger partial charge is 0.394 e. The summed E-state index contributed by atoms with van der Waals surface area (Å²) in [6, 6.07) is 1.89. The fraction of sp³-hybridized carbons (Fsp3) is 0.733. The van der Waals surface area contributed by atoms with E-state index in [-0.39, 0.29) is 18.1 Å². The molecule has 1 atom stereocenters. The Kier molecular flexibility index (Phi) is 5.74. The predicted molar refractivity (Wildman–Crippen MR) is 84.2 cm³/mol. The van der Waals surface area contributed by atoms with Crippen molar-refractivity contribution in [3.63, 3.8) is 0 Å². The molecule has 0 saturated heterocycles. The van der Waals surface area contributed by atoms with E-state index in [0.717, 1.165) is 24.0 Å². The highest BCUT2D eigenvalue weighted by Gasteiger charge is 2.20. The summed E-state index contributed by atoms with van der Waals surface area (Å²) < 4.78 is 0. The van der Waals surface area contributed by atoms with E-state index in [1.807, 2.05) is 13.0 Å². The molecule has 5 heteroatoms. The van der Waals surface area contributed by atoms with Gasteiger partial charge >= 0.3 is 0 Å². The van der Waals surface area contributed by atoms with Gasteiger partial charge in [0.2, 0.25) is 0 Å². The number of aromatic nitrogens is 2. The summed E-state index contributed by atoms with van der Waals surface area (Å²) in [5, 5.41) is 16.0. The molecule has 0 aliphatic carbocycles. The zero-order valence-corrected chi connectivity index (χ0v) is 13.5. The highest BCUT2D eigenvalue weighted by atomic mass is 16.3. The third kappa shape index (κ3) is 4.63. The number of aliphatic hydroxyl groups excluding tert-OH is 1. The Morgan fingerprint density at radius 1 is 1.20 bits per heavy atom. The SMILES string of the molecule is CCNc1cc(N[C@H](CO)C(C)C)nc(C(C)(C)C)n1. The molecule has 0 aliphatic heterocycles. The van der Waals surface area contributed by atoms with Gasteiger partial charge in [-0.25, -0.2) is 9.97 Å². The minimum atomic E-state index is -0.117. The van der Waals surface area contributed by atoms with Crippen molar-refractivity contribution in [1.82, 2.24) is 9.97 Å². The van der Waals surface area contributed by atoms with Crippen LogP contribution in [0.4, 0.5) is 11.6 Å². The molecule has 1 rings (SSSR count). The number of hydrogen-bond donors (Lipinski definition) is 3. The first-order valence-electron chi connectivity index (χ1n) is 7.28. The van der Waals surface area contributed by atoms with E-state index in [4.69, 9.17) is 0 Å². The van der Waals surface area contributed by atoms with E-state index in [0.29, 0.717) is 5.92 Å². The second kappa shape index (κ2) is 6.88. The lowest BCUT2D eigenvalue weighted by Crippen LogP contribution is -2.30. The van der Waals surface area contributed by atoms with Crippen LogP contribution in [0.1, 0.15) is 47.4 Å². The van der Waals surface area contributed by atoms with E-state index >= 15 is 0 Å². The molecule has 0 saturated carbocycles. The van der Waals surface area contributed by atoms with E-state index < -0.39 is 0 Å². The Morgan fingerprint density at radius 2 is 1.80 bits per heavy atom. The van der Waals surface area contributed by atoms with Gasteiger partial charge in [0.1, 0.15) is 17.5 Å². The highest BCUT2D eigenvalue weighted by molar-refractivity contribution is 5.48. The number of anilines is 2. The summed E-state index contributed by atoms with van der Waals surface area (Å²) in [4.78, 5) is 9.13. The number of nitrogens with zero attached hydrogens (tertiary/aromatic N) is 2. The average molecular weight is 280 g/mol. The van der Waals surface area contributed by atoms with Gasteiger partial charge in [0.25, 0.3) is 0 Å². The van der Waals surface area contributed by atoms with Crippen LogP contribution in [0.3, 0.4) is 0 Å². The molecule has 1 aromatic rings. The van der Waals surface area contributed by atoms with Crippen LogP contribution in [0.15, 0.2) is 6.07 Å². The Hall–Kier alpha value is -1.36. The zero-order chi connectivity index (χ0) is 15.3. The molecule has 0 amide bonds. The summed E-state index contributed by atoms with van der Waals surface area (Å²) in [5.41, 5.74) is -0.117. The van der Waals surface area contributed by atoms with Gasteiger partial charge in [-0.2, -0.15) is 0 Å². The molecular weight excluding hydrogens is 252 g/mol. The quantitative estimate of drug-likeness (QED) is 0.747. The molecule has 114 valence electrons. The topological polar surface area (TPSA) is 70.1 Å². The maximum absolute atomic E-state index is 9.44. The van der Waals surface area contributed by atoms with Crippen LogP contribution in [0.25, 0.3) is 0 Å². The zero-order valence-electron chi connectivity index (χ0n) is 13.5. The molecule has 1 aromatic heterocycles. The lowest BCUT2D eigenvalue weighted by molar-refractivity contribution is 0.249. The second-order valence-electron chi connectivity index (χ2n) is 6.42. The molecule has 0 aliphatic rings. The van der Waals surface area contributed by atoms with Crippen molar-refractivity contribution in [2.75, 3.05) is 23.8 Å². The lowest BCUT2D eigenvalue weighted by atomic mass is 9.95. The average Bonchev–Trinajstić information content (AvgIpc) is 2.34. The van der Waals surface area contributed by atoms with Crippen LogP contribution < -0.4 is 10.6 Å². The number of aliphatic hydroxyl groups is 1. The van der Waals surface area contributed by atoms with Crippen molar-refractivity contribution < 1.29 is 5.11 Å². The van der Waals surface area contributed by atoms with Crippen molar-refractivity contribution in [2.24, 2.45) is 5.92 Å². The summed E-state index contributed by atoms with van der Waals surface area (Å²) in [6.07, 6.45) is 0. The molecule has 0 bridgehead atoms. The lowest BCUT2D eigenvalue weighted by Gasteiger charge is -2.23. The molecule has 3 N–H and O–H groups in total. The first kappa shape index (κ1) is 16.7. The van der Waals surface area contributed by atoms with Crippen molar-refractivity contribution in [1.29, 1.82) is 0 Å². The van der Waals surface area contributed by atoms with Gasteiger partial charge in [-0.1, -0.05) is 34.6 Å². The maximum Gasteiger partial charge on any atom is 0.138 e. The monoisotopic (exact) mass is 280 g/mol. The number of hydrogen-bond acceptors (Lipinski definition) is 5. The minimum Gasteiger partial charge on any atom is -0.394 e. The summed E-state index contributed by atoms with van der Waals surface area (Å²) in [5.74, 6) is 2.69. The molecule has 0 fully saturated rings. The molecule has 0 radical (unpaired) electrons. The Labute approximate surface area is 122 Å². The van der Waals surface area contributed by atoms with Crippen molar-refractivity contribution >= 4 is 11.6 Å². The molecule has 0 unspecified atom stereocenters. The summed E-state index contributed by atoms with van der Waals surface area (Å²) >= 11 is 0. The van der Waals surface area contributed by atoms with E-state index in [9.17, 15) is 5.11 Å². The molecule has 0 aromatic carbocycles. The third-order valence-electron chi connectivity index (χ3n) is 3.09. The fourth-order valence-corrected chi connectivity index (χ4v) is 1.74. The maximum atomic E-state index is 9.44. The standard InChI is InChI=1S/C15H28N4O/c1-7-16-12-8-13(17-11(9-20)10(2)3)19-14(18-12)15(4,5)6/h8,10-11,20H,7,9H2,1-6H3,(H2,16,17,18,19)/t11-/m1/s1. The van der Waals surface area contributed by atoms with Gasteiger partial charge in [0.15, 0.2) is 0 Å². The van der Waals surface area contributed by atoms with Gasteiger partial charge in [0, 0.05) is 18.0 Å². The van der Waals surface area contributed by atoms with E-state index in [1.165, 1.54) is 0 Å². The molecular formula is C15H28N4O. The van der Waals surface area contributed by atoms with Crippen molar-refractivity contribution in [3.05, 3.63) is 11.9 Å². The molecule has 1 heterocycles. The number of nitrogens with one attached hydrogen (secondary N) is 2. The van der Waals surface area contributed by atoms with Crippen molar-refractivity contribution in [2.45, 2.75) is 53.0 Å². The first-order valence-corrected chi connectivity index (χ1v) is 7.28. The molecule has 0 spiro atoms. The van der Waals surface area contributed by atoms with Crippen LogP contribution in [0, 0.1) is 5.92 Å². The predicted octanol–water partition coefficient (Wildman–Crippen LogP) is 2.63. The van der Waals surface area contributed by atoms with Gasteiger partial charge in [-0.15, -0.1) is 0 Å². The third-order valence-corrected chi connectivity index (χ3v) is 3.09. The van der Waals surface area contributed by atoms with E-state index in [1.54, 1.807) is 0 Å². The fourth-order valence-electron chi connectivity index (χ4n) is 1.74. The normalized spacial score (nSPS) is 13.4. The highest BCUT2D eigenvalue weighted by Crippen LogP contribution is 2.23. The van der Waals surface area contributed by atoms with Crippen LogP contribution in [0.5, 0.6) is 0 Å². The van der Waals surface area contributed by atoms with Crippen LogP contribution >= 0.6 is 0 Å². The Balaban J connectivity index is 3.08. The van der Waals surface area contributed by atoms with Gasteiger partial charge < -0.3 is 15.7 Å². The van der Waals surface area contributed by atoms with Crippen LogP contribution in [-0.2, 0) is 5.41 Å². The first-order chi connectivity index (χ1) is 9.27. The van der Waals surface area contributed by atoms with Gasteiger partial charge in [-0.05, 0) is 12.8 Å². The van der Waals surface area contributed by atoms with Crippen LogP contribution in [0.2, 0.25) is 0 Å². The van der Waals surface area contributed by atoms with Crippen molar-refractivity contribution in [3.8, 4) is 0 Å². The molecule has 5 nitrogen and oxygen atoms in total. The minimum absolute atomic E-state index is 0.00723. The Bertz CT molecular complexity index is 426. The second-order valence-corrected chi connectivity index (χ2v) is 6.42.